The van der Waals surface area contributed by atoms with E-state index in [9.17, 15) is 4.79 Å². The predicted octanol–water partition coefficient (Wildman–Crippen LogP) is 0.841. The highest BCUT2D eigenvalue weighted by Gasteiger charge is 1.96. The molecule has 2 N–H and O–H groups in total. The van der Waals surface area contributed by atoms with E-state index < -0.39 is 0 Å². The molecule has 0 fully saturated rings. The lowest BCUT2D eigenvalue weighted by Gasteiger charge is -2.00. The molecule has 0 spiro atoms. The van der Waals surface area contributed by atoms with Crippen molar-refractivity contribution >= 4 is 5.91 Å². The minimum Gasteiger partial charge on any atom is -0.396 e. The predicted molar refractivity (Wildman–Crippen MR) is 48.8 cm³/mol. The van der Waals surface area contributed by atoms with Crippen LogP contribution in [0.4, 0.5) is 0 Å². The van der Waals surface area contributed by atoms with Gasteiger partial charge in [0, 0.05) is 19.6 Å². The van der Waals surface area contributed by atoms with Crippen molar-refractivity contribution in [1.29, 1.82) is 0 Å². The Morgan fingerprint density at radius 1 is 1.50 bits per heavy atom. The quantitative estimate of drug-likeness (QED) is 0.602. The molecular formula is C9H17NO2. The van der Waals surface area contributed by atoms with E-state index in [1.54, 1.807) is 0 Å². The molecule has 70 valence electrons. The molecule has 0 heterocycles. The Morgan fingerprint density at radius 3 is 2.67 bits per heavy atom. The summed E-state index contributed by atoms with van der Waals surface area (Å²) in [5.41, 5.74) is 1.19. The number of allylic oxidation sites excluding steroid dienone is 1. The van der Waals surface area contributed by atoms with Crippen LogP contribution in [-0.2, 0) is 4.79 Å². The van der Waals surface area contributed by atoms with Gasteiger partial charge in [-0.2, -0.15) is 0 Å². The highest BCUT2D eigenvalue weighted by Crippen LogP contribution is 1.88. The van der Waals surface area contributed by atoms with E-state index >= 15 is 0 Å². The molecule has 0 aliphatic heterocycles. The zero-order valence-corrected chi connectivity index (χ0v) is 7.76. The number of hydrogen-bond donors (Lipinski definition) is 2. The molecule has 3 nitrogen and oxygen atoms in total. The van der Waals surface area contributed by atoms with Crippen LogP contribution in [0.25, 0.3) is 0 Å². The van der Waals surface area contributed by atoms with Gasteiger partial charge in [-0.05, 0) is 20.3 Å². The van der Waals surface area contributed by atoms with Gasteiger partial charge in [-0.25, -0.2) is 0 Å². The van der Waals surface area contributed by atoms with Crippen LogP contribution in [0.2, 0.25) is 0 Å². The van der Waals surface area contributed by atoms with Crippen molar-refractivity contribution in [2.45, 2.75) is 26.7 Å². The Kier molecular flexibility index (Phi) is 6.38. The minimum atomic E-state index is 0.00144. The summed E-state index contributed by atoms with van der Waals surface area (Å²) < 4.78 is 0. The average molecular weight is 171 g/mol. The number of nitrogens with one attached hydrogen (secondary N) is 1. The Hall–Kier alpha value is -0.830. The van der Waals surface area contributed by atoms with E-state index in [4.69, 9.17) is 5.11 Å². The molecule has 0 atom stereocenters. The van der Waals surface area contributed by atoms with Crippen molar-refractivity contribution in [2.75, 3.05) is 13.2 Å². The number of carbonyl (C=O) groups is 1. The number of rotatable bonds is 5. The van der Waals surface area contributed by atoms with Gasteiger partial charge in [0.15, 0.2) is 0 Å². The van der Waals surface area contributed by atoms with Crippen LogP contribution in [0, 0.1) is 0 Å². The number of hydrogen-bond acceptors (Lipinski definition) is 2. The second kappa shape index (κ2) is 6.85. The zero-order valence-electron chi connectivity index (χ0n) is 7.76. The van der Waals surface area contributed by atoms with Crippen molar-refractivity contribution in [3.63, 3.8) is 0 Å². The van der Waals surface area contributed by atoms with E-state index in [0.717, 1.165) is 0 Å². The average Bonchev–Trinajstić information content (AvgIpc) is 2.00. The summed E-state index contributed by atoms with van der Waals surface area (Å²) in [5.74, 6) is 0.00144. The lowest BCUT2D eigenvalue weighted by atomic mass is 10.3. The number of aliphatic hydroxyl groups excluding tert-OH is 1. The molecule has 0 unspecified atom stereocenters. The molecule has 3 heteroatoms. The highest BCUT2D eigenvalue weighted by molar-refractivity contribution is 5.75. The maximum absolute atomic E-state index is 10.9. The lowest BCUT2D eigenvalue weighted by molar-refractivity contribution is -0.121. The van der Waals surface area contributed by atoms with Crippen LogP contribution >= 0.6 is 0 Å². The molecule has 0 bridgehead atoms. The van der Waals surface area contributed by atoms with Gasteiger partial charge < -0.3 is 10.4 Å². The van der Waals surface area contributed by atoms with Crippen LogP contribution in [-0.4, -0.2) is 24.2 Å². The first-order chi connectivity index (χ1) is 5.66. The largest absolute Gasteiger partial charge is 0.396 e. The Labute approximate surface area is 73.5 Å². The maximum atomic E-state index is 10.9. The smallest absolute Gasteiger partial charge is 0.220 e. The Morgan fingerprint density at radius 2 is 2.17 bits per heavy atom. The van der Waals surface area contributed by atoms with Crippen LogP contribution in [0.15, 0.2) is 11.6 Å². The molecule has 0 saturated heterocycles. The van der Waals surface area contributed by atoms with Crippen molar-refractivity contribution in [1.82, 2.24) is 5.32 Å². The first kappa shape index (κ1) is 11.2. The molecule has 0 rings (SSSR count). The summed E-state index contributed by atoms with van der Waals surface area (Å²) >= 11 is 0. The van der Waals surface area contributed by atoms with Crippen LogP contribution < -0.4 is 5.32 Å². The summed E-state index contributed by atoms with van der Waals surface area (Å²) in [5, 5.41) is 11.2. The van der Waals surface area contributed by atoms with E-state index in [-0.39, 0.29) is 12.5 Å². The van der Waals surface area contributed by atoms with Crippen molar-refractivity contribution in [3.8, 4) is 0 Å². The van der Waals surface area contributed by atoms with E-state index in [0.29, 0.717) is 19.4 Å². The number of amides is 1. The third-order valence-corrected chi connectivity index (χ3v) is 1.37. The van der Waals surface area contributed by atoms with Crippen molar-refractivity contribution in [2.24, 2.45) is 0 Å². The summed E-state index contributed by atoms with van der Waals surface area (Å²) in [4.78, 5) is 10.9. The topological polar surface area (TPSA) is 49.3 Å². The molecule has 0 aromatic heterocycles. The van der Waals surface area contributed by atoms with E-state index in [2.05, 4.69) is 5.32 Å². The van der Waals surface area contributed by atoms with E-state index in [1.165, 1.54) is 5.57 Å². The van der Waals surface area contributed by atoms with E-state index in [1.807, 2.05) is 19.9 Å². The molecule has 0 aromatic rings. The second-order valence-electron chi connectivity index (χ2n) is 2.91. The Balaban J connectivity index is 3.38. The highest BCUT2D eigenvalue weighted by atomic mass is 16.3. The van der Waals surface area contributed by atoms with Crippen molar-refractivity contribution in [3.05, 3.63) is 11.6 Å². The minimum absolute atomic E-state index is 0.00144. The van der Waals surface area contributed by atoms with Crippen LogP contribution in [0.1, 0.15) is 26.7 Å². The second-order valence-corrected chi connectivity index (χ2v) is 2.91. The molecule has 12 heavy (non-hydrogen) atoms. The first-order valence-electron chi connectivity index (χ1n) is 4.17. The first-order valence-corrected chi connectivity index (χ1v) is 4.17. The van der Waals surface area contributed by atoms with Gasteiger partial charge >= 0.3 is 0 Å². The lowest BCUT2D eigenvalue weighted by Crippen LogP contribution is -2.23. The summed E-state index contributed by atoms with van der Waals surface area (Å²) in [6, 6.07) is 0. The van der Waals surface area contributed by atoms with Gasteiger partial charge in [-0.3, -0.25) is 4.79 Å². The summed E-state index contributed by atoms with van der Waals surface area (Å²) in [7, 11) is 0. The van der Waals surface area contributed by atoms with Gasteiger partial charge in [-0.1, -0.05) is 11.6 Å². The van der Waals surface area contributed by atoms with Gasteiger partial charge in [0.05, 0.1) is 0 Å². The number of carbonyl (C=O) groups excluding carboxylic acids is 1. The molecule has 0 aliphatic carbocycles. The third kappa shape index (κ3) is 7.28. The molecular weight excluding hydrogens is 154 g/mol. The molecule has 0 aromatic carbocycles. The maximum Gasteiger partial charge on any atom is 0.220 e. The number of aliphatic hydroxyl groups is 1. The normalized spacial score (nSPS) is 9.25. The monoisotopic (exact) mass is 171 g/mol. The molecule has 0 radical (unpaired) electrons. The van der Waals surface area contributed by atoms with Gasteiger partial charge in [0.2, 0.25) is 5.91 Å². The summed E-state index contributed by atoms with van der Waals surface area (Å²) in [6.07, 6.45) is 2.91. The van der Waals surface area contributed by atoms with Gasteiger partial charge in [0.25, 0.3) is 0 Å². The molecule has 1 amide bonds. The zero-order chi connectivity index (χ0) is 9.40. The van der Waals surface area contributed by atoms with Crippen LogP contribution in [0.3, 0.4) is 0 Å². The third-order valence-electron chi connectivity index (χ3n) is 1.37. The Bertz CT molecular complexity index is 160. The summed E-state index contributed by atoms with van der Waals surface area (Å²) in [6.45, 7) is 4.64. The van der Waals surface area contributed by atoms with Crippen LogP contribution in [0.5, 0.6) is 0 Å². The standard InChI is InChI=1S/C9H17NO2/c1-8(2)5-6-10-9(12)4-3-7-11/h5,11H,3-4,6-7H2,1-2H3,(H,10,12). The SMILES string of the molecule is CC(C)=CCNC(=O)CCCO. The molecule has 0 aliphatic rings. The van der Waals surface area contributed by atoms with Gasteiger partial charge in [-0.15, -0.1) is 0 Å². The molecule has 0 saturated carbocycles. The fourth-order valence-corrected chi connectivity index (χ4v) is 0.697. The fraction of sp³-hybridized carbons (Fsp3) is 0.667. The van der Waals surface area contributed by atoms with Gasteiger partial charge in [0.1, 0.15) is 0 Å². The fourth-order valence-electron chi connectivity index (χ4n) is 0.697. The van der Waals surface area contributed by atoms with Crippen molar-refractivity contribution < 1.29 is 9.90 Å².